The number of H-pyrrole nitrogens is 1. The first kappa shape index (κ1) is 17.5. The summed E-state index contributed by atoms with van der Waals surface area (Å²) < 4.78 is 0.947. The van der Waals surface area contributed by atoms with Gasteiger partial charge in [-0.15, -0.1) is 0 Å². The molecule has 0 atom stereocenters. The molecule has 1 aromatic heterocycles. The Morgan fingerprint density at radius 1 is 1.24 bits per heavy atom. The van der Waals surface area contributed by atoms with Crippen LogP contribution >= 0.6 is 31.9 Å². The van der Waals surface area contributed by atoms with Crippen LogP contribution in [0, 0.1) is 18.3 Å². The van der Waals surface area contributed by atoms with Gasteiger partial charge in [-0.1, -0.05) is 18.2 Å². The van der Waals surface area contributed by atoms with E-state index in [0.717, 1.165) is 16.6 Å². The van der Waals surface area contributed by atoms with Gasteiger partial charge in [0.2, 0.25) is 5.78 Å². The average Bonchev–Trinajstić information content (AvgIpc) is 2.92. The molecule has 6 heteroatoms. The first-order valence-electron chi connectivity index (χ1n) is 7.34. The third kappa shape index (κ3) is 3.26. The first-order chi connectivity index (χ1) is 11.9. The molecule has 0 fully saturated rings. The fraction of sp³-hybridized carbons (Fsp3) is 0.0526. The van der Waals surface area contributed by atoms with Gasteiger partial charge in [-0.05, 0) is 68.6 Å². The number of phenolic OH excluding ortho intramolecular Hbond substituents is 1. The summed E-state index contributed by atoms with van der Waals surface area (Å²) >= 11 is 6.49. The lowest BCUT2D eigenvalue weighted by atomic mass is 9.99. The summed E-state index contributed by atoms with van der Waals surface area (Å²) in [6.07, 6.45) is 1.51. The number of halogens is 2. The third-order valence-corrected chi connectivity index (χ3v) is 5.04. The van der Waals surface area contributed by atoms with Crippen LogP contribution in [0.4, 0.5) is 0 Å². The molecule has 0 saturated carbocycles. The Labute approximate surface area is 161 Å². The molecule has 1 heterocycles. The zero-order chi connectivity index (χ0) is 18.1. The molecule has 0 spiro atoms. The van der Waals surface area contributed by atoms with Gasteiger partial charge in [-0.2, -0.15) is 5.26 Å². The number of benzene rings is 2. The Hall–Kier alpha value is -2.36. The van der Waals surface area contributed by atoms with E-state index in [1.165, 1.54) is 6.08 Å². The molecule has 0 radical (unpaired) electrons. The number of aromatic amines is 1. The van der Waals surface area contributed by atoms with Gasteiger partial charge in [-0.3, -0.25) is 4.79 Å². The normalized spacial score (nSPS) is 11.5. The summed E-state index contributed by atoms with van der Waals surface area (Å²) in [5.74, 6) is -0.271. The van der Waals surface area contributed by atoms with Crippen LogP contribution < -0.4 is 0 Å². The number of allylic oxidation sites excluding steroid dienone is 1. The van der Waals surface area contributed by atoms with E-state index in [-0.39, 0.29) is 17.1 Å². The third-order valence-electron chi connectivity index (χ3n) is 3.84. The number of ketones is 1. The number of aromatic hydroxyl groups is 1. The van der Waals surface area contributed by atoms with Crippen LogP contribution in [0.1, 0.15) is 21.6 Å². The molecule has 25 heavy (non-hydrogen) atoms. The number of phenols is 1. The number of carbonyl (C=O) groups excluding carboxylic acids is 1. The first-order valence-corrected chi connectivity index (χ1v) is 8.92. The highest BCUT2D eigenvalue weighted by Crippen LogP contribution is 2.34. The Morgan fingerprint density at radius 2 is 1.88 bits per heavy atom. The molecule has 2 aromatic carbocycles. The van der Waals surface area contributed by atoms with Gasteiger partial charge in [0, 0.05) is 16.6 Å². The molecular formula is C19H12Br2N2O2. The van der Waals surface area contributed by atoms with Gasteiger partial charge in [0.15, 0.2) is 0 Å². The van der Waals surface area contributed by atoms with Crippen molar-refractivity contribution in [3.8, 4) is 11.8 Å². The van der Waals surface area contributed by atoms with Crippen LogP contribution in [-0.2, 0) is 0 Å². The number of rotatable bonds is 3. The van der Waals surface area contributed by atoms with Crippen molar-refractivity contribution in [3.05, 3.63) is 67.7 Å². The maximum Gasteiger partial charge on any atom is 0.205 e. The van der Waals surface area contributed by atoms with Crippen LogP contribution in [-0.4, -0.2) is 15.9 Å². The lowest BCUT2D eigenvalue weighted by molar-refractivity contribution is 0.104. The summed E-state index contributed by atoms with van der Waals surface area (Å²) in [7, 11) is 0. The summed E-state index contributed by atoms with van der Waals surface area (Å²) in [5, 5.41) is 20.1. The number of hydrogen-bond donors (Lipinski definition) is 2. The largest absolute Gasteiger partial charge is 0.506 e. The van der Waals surface area contributed by atoms with E-state index >= 15 is 0 Å². The van der Waals surface area contributed by atoms with E-state index in [1.54, 1.807) is 12.1 Å². The Kier molecular flexibility index (Phi) is 4.80. The average molecular weight is 460 g/mol. The molecule has 0 unspecified atom stereocenters. The zero-order valence-electron chi connectivity index (χ0n) is 13.1. The molecule has 0 aliphatic carbocycles. The molecule has 0 bridgehead atoms. The Bertz CT molecular complexity index is 1050. The number of aryl methyl sites for hydroxylation is 1. The summed E-state index contributed by atoms with van der Waals surface area (Å²) in [5.41, 5.74) is 2.73. The molecule has 0 amide bonds. The number of para-hydroxylation sites is 1. The van der Waals surface area contributed by atoms with Crippen molar-refractivity contribution in [1.29, 1.82) is 5.26 Å². The van der Waals surface area contributed by atoms with Gasteiger partial charge in [-0.25, -0.2) is 0 Å². The van der Waals surface area contributed by atoms with Crippen LogP contribution in [0.15, 0.2) is 50.9 Å². The van der Waals surface area contributed by atoms with E-state index in [9.17, 15) is 15.2 Å². The number of nitrogens with one attached hydrogen (secondary N) is 1. The van der Waals surface area contributed by atoms with Crippen molar-refractivity contribution < 1.29 is 9.90 Å². The second kappa shape index (κ2) is 6.87. The minimum atomic E-state index is -0.335. The number of hydrogen-bond acceptors (Lipinski definition) is 3. The van der Waals surface area contributed by atoms with Crippen molar-refractivity contribution >= 4 is 54.6 Å². The smallest absolute Gasteiger partial charge is 0.205 e. The van der Waals surface area contributed by atoms with Crippen molar-refractivity contribution in [2.45, 2.75) is 6.92 Å². The molecular weight excluding hydrogens is 448 g/mol. The number of Topliss-reactive ketones (excluding diaryl/α,β-unsaturated/α-hetero) is 1. The quantitative estimate of drug-likeness (QED) is 0.308. The van der Waals surface area contributed by atoms with Gasteiger partial charge in [0.05, 0.1) is 14.5 Å². The summed E-state index contributed by atoms with van der Waals surface area (Å²) in [6, 6.07) is 12.8. The lowest BCUT2D eigenvalue weighted by Gasteiger charge is -2.04. The lowest BCUT2D eigenvalue weighted by Crippen LogP contribution is -2.03. The number of carbonyl (C=O) groups is 1. The van der Waals surface area contributed by atoms with Gasteiger partial charge >= 0.3 is 0 Å². The van der Waals surface area contributed by atoms with Crippen LogP contribution in [0.2, 0.25) is 0 Å². The molecule has 3 rings (SSSR count). The molecule has 0 aliphatic rings. The second-order valence-corrected chi connectivity index (χ2v) is 7.21. The van der Waals surface area contributed by atoms with E-state index in [0.29, 0.717) is 20.1 Å². The van der Waals surface area contributed by atoms with Gasteiger partial charge in [0.1, 0.15) is 17.4 Å². The summed E-state index contributed by atoms with van der Waals surface area (Å²) in [6.45, 7) is 1.82. The fourth-order valence-electron chi connectivity index (χ4n) is 2.69. The topological polar surface area (TPSA) is 76.9 Å². The maximum absolute atomic E-state index is 12.9. The molecule has 124 valence electrons. The Balaban J connectivity index is 2.11. The number of aromatic nitrogens is 1. The van der Waals surface area contributed by atoms with Gasteiger partial charge in [0.25, 0.3) is 0 Å². The van der Waals surface area contributed by atoms with Crippen molar-refractivity contribution in [1.82, 2.24) is 4.98 Å². The van der Waals surface area contributed by atoms with E-state index in [2.05, 4.69) is 36.8 Å². The number of nitrogens with zero attached hydrogens (tertiary/aromatic N) is 1. The predicted octanol–water partition coefficient (Wildman–Crippen LogP) is 5.50. The molecule has 2 N–H and O–H groups in total. The molecule has 0 aliphatic heterocycles. The highest BCUT2D eigenvalue weighted by Gasteiger charge is 2.20. The van der Waals surface area contributed by atoms with Crippen LogP contribution in [0.3, 0.4) is 0 Å². The predicted molar refractivity (Wildman–Crippen MR) is 104 cm³/mol. The fourth-order valence-corrected chi connectivity index (χ4v) is 3.91. The highest BCUT2D eigenvalue weighted by atomic mass is 79.9. The minimum absolute atomic E-state index is 0.0253. The highest BCUT2D eigenvalue weighted by molar-refractivity contribution is 9.11. The van der Waals surface area contributed by atoms with Crippen LogP contribution in [0.25, 0.3) is 17.0 Å². The summed E-state index contributed by atoms with van der Waals surface area (Å²) in [4.78, 5) is 16.1. The van der Waals surface area contributed by atoms with E-state index in [4.69, 9.17) is 0 Å². The molecule has 0 saturated heterocycles. The SMILES string of the molecule is Cc1[nH]c2ccccc2c1C(=O)C(C#N)=Cc1cc(Br)c(O)c(Br)c1. The second-order valence-electron chi connectivity index (χ2n) is 5.50. The van der Waals surface area contributed by atoms with Crippen molar-refractivity contribution in [2.75, 3.05) is 0 Å². The van der Waals surface area contributed by atoms with Crippen LogP contribution in [0.5, 0.6) is 5.75 Å². The minimum Gasteiger partial charge on any atom is -0.506 e. The van der Waals surface area contributed by atoms with E-state index < -0.39 is 0 Å². The standard InChI is InChI=1S/C19H12Br2N2O2/c1-10-17(13-4-2-3-5-16(13)23-10)18(24)12(9-22)6-11-7-14(20)19(25)15(21)8-11/h2-8,23,25H,1H3. The molecule has 3 aromatic rings. The van der Waals surface area contributed by atoms with Gasteiger partial charge < -0.3 is 10.1 Å². The van der Waals surface area contributed by atoms with Crippen molar-refractivity contribution in [3.63, 3.8) is 0 Å². The Morgan fingerprint density at radius 3 is 2.52 bits per heavy atom. The van der Waals surface area contributed by atoms with E-state index in [1.807, 2.05) is 37.3 Å². The van der Waals surface area contributed by atoms with Crippen molar-refractivity contribution in [2.24, 2.45) is 0 Å². The monoisotopic (exact) mass is 458 g/mol. The number of fused-ring (bicyclic) bond motifs is 1. The number of nitriles is 1. The maximum atomic E-state index is 12.9. The zero-order valence-corrected chi connectivity index (χ0v) is 16.3. The molecule has 4 nitrogen and oxygen atoms in total.